The van der Waals surface area contributed by atoms with Gasteiger partial charge in [-0.15, -0.1) is 0 Å². The molecule has 2 nitrogen and oxygen atoms in total. The van der Waals surface area contributed by atoms with Crippen LogP contribution in [-0.4, -0.2) is 77.7 Å². The van der Waals surface area contributed by atoms with Crippen molar-refractivity contribution in [1.29, 1.82) is 0 Å². The zero-order valence-electron chi connectivity index (χ0n) is 15.7. The summed E-state index contributed by atoms with van der Waals surface area (Å²) in [6.07, 6.45) is -8.05. The smallest absolute Gasteiger partial charge is 0.460 e. The van der Waals surface area contributed by atoms with Crippen LogP contribution in [-0.2, 0) is 4.79 Å². The number of carboxylic acids is 1. The van der Waals surface area contributed by atoms with Gasteiger partial charge in [0.1, 0.15) is 0 Å². The van der Waals surface area contributed by atoms with Crippen molar-refractivity contribution >= 4 is 5.97 Å². The highest BCUT2D eigenvalue weighted by molar-refractivity contribution is 5.77. The lowest BCUT2D eigenvalue weighted by molar-refractivity contribution is -0.473. The molecular formula is C12H4F22O2. The van der Waals surface area contributed by atoms with E-state index in [1.807, 2.05) is 0 Å². The topological polar surface area (TPSA) is 37.3 Å². The number of rotatable bonds is 9. The van der Waals surface area contributed by atoms with E-state index in [0.717, 1.165) is 0 Å². The third kappa shape index (κ3) is 4.23. The number of carbonyl (C=O) groups is 1. The molecule has 0 amide bonds. The van der Waals surface area contributed by atoms with Crippen LogP contribution in [0.3, 0.4) is 0 Å². The molecule has 24 heteroatoms. The molecule has 218 valence electrons. The van der Waals surface area contributed by atoms with Crippen LogP contribution in [0.2, 0.25) is 0 Å². The molecule has 0 aliphatic rings. The molecule has 0 atom stereocenters. The fourth-order valence-electron chi connectivity index (χ4n) is 1.69. The highest BCUT2D eigenvalue weighted by atomic mass is 19.4. The van der Waals surface area contributed by atoms with Crippen molar-refractivity contribution in [1.82, 2.24) is 0 Å². The van der Waals surface area contributed by atoms with E-state index in [-0.39, 0.29) is 0 Å². The molecule has 1 N–H and O–H groups in total. The van der Waals surface area contributed by atoms with Crippen LogP contribution in [0.4, 0.5) is 96.6 Å². The van der Waals surface area contributed by atoms with Gasteiger partial charge in [-0.2, -0.15) is 92.2 Å². The molecule has 36 heavy (non-hydrogen) atoms. The predicted octanol–water partition coefficient (Wildman–Crippen LogP) is 6.94. The van der Waals surface area contributed by atoms with Crippen molar-refractivity contribution < 1.29 is 106 Å². The van der Waals surface area contributed by atoms with Crippen LogP contribution < -0.4 is 0 Å². The minimum atomic E-state index is -9.28. The average Bonchev–Trinajstić information content (AvgIpc) is 2.67. The van der Waals surface area contributed by atoms with Gasteiger partial charge in [-0.25, -0.2) is 4.79 Å². The molecule has 0 fully saturated rings. The Morgan fingerprint density at radius 3 is 0.722 bits per heavy atom. The minimum absolute atomic E-state index is 0.500. The third-order valence-corrected chi connectivity index (χ3v) is 3.78. The van der Waals surface area contributed by atoms with Crippen LogP contribution in [0, 0.1) is 0 Å². The molecular weight excluding hydrogens is 594 g/mol. The van der Waals surface area contributed by atoms with E-state index in [1.165, 1.54) is 0 Å². The number of hydrogen-bond donors (Lipinski definition) is 1. The minimum Gasteiger partial charge on any atom is -0.477 e. The molecule has 0 aromatic carbocycles. The zero-order chi connectivity index (χ0) is 30.6. The van der Waals surface area contributed by atoms with Crippen molar-refractivity contribution in [2.75, 3.05) is 7.18 Å². The Morgan fingerprint density at radius 2 is 0.556 bits per heavy atom. The fraction of sp³-hybridized carbons (Fsp3) is 0.917. The normalized spacial score (nSPS) is 15.9. The lowest BCUT2D eigenvalue weighted by atomic mass is 9.86. The molecule has 0 radical (unpaired) electrons. The van der Waals surface area contributed by atoms with Crippen LogP contribution in [0.15, 0.2) is 0 Å². The summed E-state index contributed by atoms with van der Waals surface area (Å²) in [6.45, 7) is 0. The summed E-state index contributed by atoms with van der Waals surface area (Å²) < 4.78 is 279. The molecule has 0 aliphatic carbocycles. The lowest BCUT2D eigenvalue weighted by Crippen LogP contribution is -2.77. The van der Waals surface area contributed by atoms with Crippen LogP contribution in [0.5, 0.6) is 0 Å². The second-order valence-corrected chi connectivity index (χ2v) is 5.97. The standard InChI is InChI=1S/C11HF21O2.CH3F/c12-2(13,1(33)34)3(14,15)4(16,17)5(18,19)6(20,21)7(22,23)8(24,25)9(26,27)10(28,29)11(30,31)32;1-2/h(H,33,34);1H3. The number of carboxylic acid groups (broad SMARTS) is 1. The van der Waals surface area contributed by atoms with Crippen molar-refractivity contribution in [3.05, 3.63) is 0 Å². The summed E-state index contributed by atoms with van der Waals surface area (Å²) in [5, 5.41) is 7.62. The summed E-state index contributed by atoms with van der Waals surface area (Å²) in [6, 6.07) is 0. The molecule has 0 aromatic heterocycles. The van der Waals surface area contributed by atoms with Crippen molar-refractivity contribution in [2.45, 2.75) is 59.5 Å². The van der Waals surface area contributed by atoms with Gasteiger partial charge in [0.15, 0.2) is 0 Å². The summed E-state index contributed by atoms with van der Waals surface area (Å²) in [5.74, 6) is -83.8. The van der Waals surface area contributed by atoms with Gasteiger partial charge in [0, 0.05) is 0 Å². The quantitative estimate of drug-likeness (QED) is 0.293. The van der Waals surface area contributed by atoms with E-state index in [0.29, 0.717) is 7.18 Å². The molecule has 0 aromatic rings. The number of hydrogen-bond acceptors (Lipinski definition) is 1. The molecule has 0 unspecified atom stereocenters. The maximum absolute atomic E-state index is 13.3. The van der Waals surface area contributed by atoms with Gasteiger partial charge in [0.25, 0.3) is 0 Å². The highest BCUT2D eigenvalue weighted by Gasteiger charge is 2.98. The Bertz CT molecular complexity index is 791. The molecule has 0 saturated heterocycles. The first-order chi connectivity index (χ1) is 15.2. The van der Waals surface area contributed by atoms with Gasteiger partial charge < -0.3 is 5.11 Å². The maximum atomic E-state index is 13.3. The monoisotopic (exact) mass is 598 g/mol. The number of halogens is 22. The first kappa shape index (κ1) is 36.1. The van der Waals surface area contributed by atoms with Gasteiger partial charge in [0.05, 0.1) is 7.18 Å². The fourth-order valence-corrected chi connectivity index (χ4v) is 1.69. The zero-order valence-corrected chi connectivity index (χ0v) is 15.7. The summed E-state index contributed by atoms with van der Waals surface area (Å²) >= 11 is 0. The molecule has 0 heterocycles. The Balaban J connectivity index is 0. The molecule has 0 rings (SSSR count). The molecule has 0 saturated carbocycles. The number of aliphatic carboxylic acids is 1. The van der Waals surface area contributed by atoms with Crippen LogP contribution in [0.25, 0.3) is 0 Å². The van der Waals surface area contributed by atoms with Gasteiger partial charge in [-0.05, 0) is 0 Å². The maximum Gasteiger partial charge on any atom is 0.460 e. The van der Waals surface area contributed by atoms with Crippen LogP contribution in [0.1, 0.15) is 0 Å². The van der Waals surface area contributed by atoms with Gasteiger partial charge in [-0.3, -0.25) is 4.39 Å². The van der Waals surface area contributed by atoms with E-state index in [1.54, 1.807) is 0 Å². The Hall–Kier alpha value is -2.07. The largest absolute Gasteiger partial charge is 0.477 e. The van der Waals surface area contributed by atoms with Crippen molar-refractivity contribution in [3.8, 4) is 0 Å². The van der Waals surface area contributed by atoms with E-state index in [4.69, 9.17) is 5.11 Å². The summed E-state index contributed by atoms with van der Waals surface area (Å²) in [5.41, 5.74) is 0. The lowest BCUT2D eigenvalue weighted by Gasteiger charge is -2.44. The first-order valence-electron chi connectivity index (χ1n) is 7.27. The average molecular weight is 598 g/mol. The highest BCUT2D eigenvalue weighted by Crippen LogP contribution is 2.66. The van der Waals surface area contributed by atoms with Gasteiger partial charge in [-0.1, -0.05) is 0 Å². The second kappa shape index (κ2) is 9.04. The van der Waals surface area contributed by atoms with E-state index >= 15 is 0 Å². The van der Waals surface area contributed by atoms with E-state index < -0.39 is 65.4 Å². The Morgan fingerprint density at radius 1 is 0.389 bits per heavy atom. The second-order valence-electron chi connectivity index (χ2n) is 5.97. The first-order valence-corrected chi connectivity index (χ1v) is 7.27. The van der Waals surface area contributed by atoms with Crippen molar-refractivity contribution in [3.63, 3.8) is 0 Å². The third-order valence-electron chi connectivity index (χ3n) is 3.78. The Kier molecular flexibility index (Phi) is 9.07. The van der Waals surface area contributed by atoms with Gasteiger partial charge in [0.2, 0.25) is 0 Å². The number of alkyl halides is 22. The molecule has 0 spiro atoms. The SMILES string of the molecule is CF.O=C(O)C(F)(F)C(F)(F)C(F)(F)C(F)(F)C(F)(F)C(F)(F)C(F)(F)C(F)(F)C(F)(F)C(F)(F)F. The van der Waals surface area contributed by atoms with E-state index in [2.05, 4.69) is 0 Å². The van der Waals surface area contributed by atoms with Crippen LogP contribution >= 0.6 is 0 Å². The van der Waals surface area contributed by atoms with E-state index in [9.17, 15) is 101 Å². The van der Waals surface area contributed by atoms with Crippen molar-refractivity contribution in [2.24, 2.45) is 0 Å². The molecule has 0 aliphatic heterocycles. The molecule has 0 bridgehead atoms. The summed E-state index contributed by atoms with van der Waals surface area (Å²) in [7, 11) is 0.500. The van der Waals surface area contributed by atoms with Gasteiger partial charge >= 0.3 is 65.4 Å². The summed E-state index contributed by atoms with van der Waals surface area (Å²) in [4.78, 5) is 9.83. The Labute approximate surface area is 180 Å². The predicted molar refractivity (Wildman–Crippen MR) is 65.2 cm³/mol.